The fourth-order valence-electron chi connectivity index (χ4n) is 2.32. The normalized spacial score (nSPS) is 16.1. The number of carboxylic acid groups (broad SMARTS) is 1. The Morgan fingerprint density at radius 1 is 1.35 bits per heavy atom. The Morgan fingerprint density at radius 3 is 2.70 bits per heavy atom. The van der Waals surface area contributed by atoms with Crippen molar-refractivity contribution in [3.63, 3.8) is 0 Å². The number of carbonyl (C=O) groups is 2. The van der Waals surface area contributed by atoms with E-state index >= 15 is 0 Å². The quantitative estimate of drug-likeness (QED) is 0.773. The minimum atomic E-state index is -0.820. The molecule has 1 aromatic rings. The molecule has 0 saturated heterocycles. The molecule has 0 heterocycles. The zero-order valence-electron chi connectivity index (χ0n) is 11.6. The molecule has 0 aromatic heterocycles. The van der Waals surface area contributed by atoms with Crippen LogP contribution in [0.15, 0.2) is 24.3 Å². The van der Waals surface area contributed by atoms with Gasteiger partial charge in [0.1, 0.15) is 0 Å². The van der Waals surface area contributed by atoms with E-state index in [1.54, 1.807) is 6.07 Å². The maximum absolute atomic E-state index is 11.9. The third-order valence-corrected chi connectivity index (χ3v) is 3.68. The van der Waals surface area contributed by atoms with Gasteiger partial charge in [-0.3, -0.25) is 4.79 Å². The summed E-state index contributed by atoms with van der Waals surface area (Å²) in [6.45, 7) is 2.04. The Labute approximate surface area is 118 Å². The molecule has 0 aliphatic heterocycles. The lowest BCUT2D eigenvalue weighted by Gasteiger charge is -2.39. The predicted octanol–water partition coefficient (Wildman–Crippen LogP) is 2.77. The Kier molecular flexibility index (Phi) is 4.27. The van der Waals surface area contributed by atoms with E-state index in [9.17, 15) is 9.59 Å². The third kappa shape index (κ3) is 3.98. The maximum Gasteiger partial charge on any atom is 0.319 e. The fourth-order valence-corrected chi connectivity index (χ4v) is 2.32. The van der Waals surface area contributed by atoms with Crippen LogP contribution in [0.2, 0.25) is 0 Å². The van der Waals surface area contributed by atoms with E-state index in [1.165, 1.54) is 0 Å². The highest BCUT2D eigenvalue weighted by Gasteiger charge is 2.33. The second kappa shape index (κ2) is 5.94. The number of carboxylic acids is 1. The molecule has 108 valence electrons. The summed E-state index contributed by atoms with van der Waals surface area (Å²) in [6.07, 6.45) is 3.73. The standard InChI is InChI=1S/C15H20N2O3/c1-15(8-3-9-15)17-14(20)16-12-5-2-4-11(10-12)6-7-13(18)19/h2,4-5,10H,3,6-9H2,1H3,(H,18,19)(H2,16,17,20). The van der Waals surface area contributed by atoms with Crippen molar-refractivity contribution in [2.45, 2.75) is 44.6 Å². The molecule has 0 unspecified atom stereocenters. The summed E-state index contributed by atoms with van der Waals surface area (Å²) in [5, 5.41) is 14.4. The number of nitrogens with one attached hydrogen (secondary N) is 2. The summed E-state index contributed by atoms with van der Waals surface area (Å²) in [7, 11) is 0. The van der Waals surface area contributed by atoms with Crippen LogP contribution in [-0.4, -0.2) is 22.6 Å². The van der Waals surface area contributed by atoms with Crippen LogP contribution in [0.3, 0.4) is 0 Å². The van der Waals surface area contributed by atoms with E-state index in [4.69, 9.17) is 5.11 Å². The van der Waals surface area contributed by atoms with E-state index in [0.717, 1.165) is 24.8 Å². The van der Waals surface area contributed by atoms with Gasteiger partial charge in [0.15, 0.2) is 0 Å². The van der Waals surface area contributed by atoms with E-state index < -0.39 is 5.97 Å². The number of amides is 2. The molecule has 1 fully saturated rings. The summed E-state index contributed by atoms with van der Waals surface area (Å²) >= 11 is 0. The number of urea groups is 1. The van der Waals surface area contributed by atoms with Crippen LogP contribution in [0.4, 0.5) is 10.5 Å². The average Bonchev–Trinajstić information content (AvgIpc) is 2.35. The molecule has 3 N–H and O–H groups in total. The first-order valence-corrected chi connectivity index (χ1v) is 6.87. The van der Waals surface area contributed by atoms with Gasteiger partial charge in [-0.05, 0) is 50.3 Å². The first-order valence-electron chi connectivity index (χ1n) is 6.87. The lowest BCUT2D eigenvalue weighted by atomic mass is 9.79. The first-order chi connectivity index (χ1) is 9.47. The van der Waals surface area contributed by atoms with E-state index in [1.807, 2.05) is 25.1 Å². The van der Waals surface area contributed by atoms with Crippen molar-refractivity contribution < 1.29 is 14.7 Å². The molecule has 5 heteroatoms. The average molecular weight is 276 g/mol. The summed E-state index contributed by atoms with van der Waals surface area (Å²) in [6, 6.07) is 7.08. The molecule has 20 heavy (non-hydrogen) atoms. The van der Waals surface area contributed by atoms with Crippen LogP contribution in [0.25, 0.3) is 0 Å². The van der Waals surface area contributed by atoms with Crippen LogP contribution in [0.1, 0.15) is 38.2 Å². The highest BCUT2D eigenvalue weighted by molar-refractivity contribution is 5.89. The number of aryl methyl sites for hydroxylation is 1. The molecular formula is C15H20N2O3. The summed E-state index contributed by atoms with van der Waals surface area (Å²) < 4.78 is 0. The number of carbonyl (C=O) groups excluding carboxylic acids is 1. The number of rotatable bonds is 5. The summed E-state index contributed by atoms with van der Waals surface area (Å²) in [5.74, 6) is -0.820. The molecule has 1 aliphatic rings. The third-order valence-electron chi connectivity index (χ3n) is 3.68. The SMILES string of the molecule is CC1(NC(=O)Nc2cccc(CCC(=O)O)c2)CCC1. The van der Waals surface area contributed by atoms with Gasteiger partial charge in [-0.15, -0.1) is 0 Å². The topological polar surface area (TPSA) is 78.4 Å². The largest absolute Gasteiger partial charge is 0.481 e. The van der Waals surface area contributed by atoms with Gasteiger partial charge < -0.3 is 15.7 Å². The second-order valence-electron chi connectivity index (χ2n) is 5.59. The lowest BCUT2D eigenvalue weighted by molar-refractivity contribution is -0.136. The highest BCUT2D eigenvalue weighted by Crippen LogP contribution is 2.30. The minimum absolute atomic E-state index is 0.0784. The Bertz CT molecular complexity index is 510. The van der Waals surface area contributed by atoms with E-state index in [2.05, 4.69) is 10.6 Å². The molecule has 2 rings (SSSR count). The van der Waals surface area contributed by atoms with E-state index in [0.29, 0.717) is 12.1 Å². The molecule has 5 nitrogen and oxygen atoms in total. The first kappa shape index (κ1) is 14.4. The number of benzene rings is 1. The van der Waals surface area contributed by atoms with Gasteiger partial charge in [0.05, 0.1) is 0 Å². The molecular weight excluding hydrogens is 256 g/mol. The number of hydrogen-bond acceptors (Lipinski definition) is 2. The Hall–Kier alpha value is -2.04. The van der Waals surface area contributed by atoms with Gasteiger partial charge >= 0.3 is 12.0 Å². The van der Waals surface area contributed by atoms with Crippen LogP contribution in [0.5, 0.6) is 0 Å². The van der Waals surface area contributed by atoms with Gasteiger partial charge in [0.25, 0.3) is 0 Å². The Balaban J connectivity index is 1.90. The number of aliphatic carboxylic acids is 1. The van der Waals surface area contributed by atoms with Gasteiger partial charge in [0.2, 0.25) is 0 Å². The highest BCUT2D eigenvalue weighted by atomic mass is 16.4. The van der Waals surface area contributed by atoms with Crippen LogP contribution >= 0.6 is 0 Å². The number of hydrogen-bond donors (Lipinski definition) is 3. The predicted molar refractivity (Wildman–Crippen MR) is 76.8 cm³/mol. The smallest absolute Gasteiger partial charge is 0.319 e. The molecule has 0 radical (unpaired) electrons. The molecule has 0 spiro atoms. The molecule has 0 atom stereocenters. The molecule has 1 aliphatic carbocycles. The van der Waals surface area contributed by atoms with Crippen molar-refractivity contribution >= 4 is 17.7 Å². The zero-order chi connectivity index (χ0) is 14.6. The van der Waals surface area contributed by atoms with E-state index in [-0.39, 0.29) is 18.0 Å². The van der Waals surface area contributed by atoms with Crippen LogP contribution in [0, 0.1) is 0 Å². The summed E-state index contributed by atoms with van der Waals surface area (Å²) in [5.41, 5.74) is 1.51. The van der Waals surface area contributed by atoms with Crippen molar-refractivity contribution in [2.75, 3.05) is 5.32 Å². The van der Waals surface area contributed by atoms with Gasteiger partial charge in [-0.25, -0.2) is 4.79 Å². The fraction of sp³-hybridized carbons (Fsp3) is 0.467. The molecule has 1 aromatic carbocycles. The molecule has 2 amide bonds. The molecule has 0 bridgehead atoms. The van der Waals surface area contributed by atoms with Gasteiger partial charge in [-0.2, -0.15) is 0 Å². The van der Waals surface area contributed by atoms with Crippen molar-refractivity contribution in [1.82, 2.24) is 5.32 Å². The Morgan fingerprint density at radius 2 is 2.10 bits per heavy atom. The lowest BCUT2D eigenvalue weighted by Crippen LogP contribution is -2.52. The van der Waals surface area contributed by atoms with Crippen molar-refractivity contribution in [3.05, 3.63) is 29.8 Å². The van der Waals surface area contributed by atoms with Gasteiger partial charge in [0, 0.05) is 17.6 Å². The van der Waals surface area contributed by atoms with Crippen LogP contribution < -0.4 is 10.6 Å². The van der Waals surface area contributed by atoms with Crippen molar-refractivity contribution in [3.8, 4) is 0 Å². The zero-order valence-corrected chi connectivity index (χ0v) is 11.6. The second-order valence-corrected chi connectivity index (χ2v) is 5.59. The summed E-state index contributed by atoms with van der Waals surface area (Å²) in [4.78, 5) is 22.4. The minimum Gasteiger partial charge on any atom is -0.481 e. The van der Waals surface area contributed by atoms with Crippen LogP contribution in [-0.2, 0) is 11.2 Å². The van der Waals surface area contributed by atoms with Gasteiger partial charge in [-0.1, -0.05) is 12.1 Å². The van der Waals surface area contributed by atoms with Crippen molar-refractivity contribution in [1.29, 1.82) is 0 Å². The molecule has 1 saturated carbocycles. The number of anilines is 1. The maximum atomic E-state index is 11.9. The van der Waals surface area contributed by atoms with Crippen molar-refractivity contribution in [2.24, 2.45) is 0 Å². The monoisotopic (exact) mass is 276 g/mol.